The quantitative estimate of drug-likeness (QED) is 0.484. The van der Waals surface area contributed by atoms with Gasteiger partial charge in [0.2, 0.25) is 10.0 Å². The Hall–Kier alpha value is -3.23. The Kier molecular flexibility index (Phi) is 4.95. The zero-order valence-corrected chi connectivity index (χ0v) is 17.7. The van der Waals surface area contributed by atoms with Crippen molar-refractivity contribution in [1.82, 2.24) is 18.5 Å². The summed E-state index contributed by atoms with van der Waals surface area (Å²) in [5.41, 5.74) is 3.40. The zero-order valence-electron chi connectivity index (χ0n) is 16.9. The van der Waals surface area contributed by atoms with Crippen LogP contribution in [0, 0.1) is 0 Å². The Morgan fingerprint density at radius 3 is 2.45 bits per heavy atom. The van der Waals surface area contributed by atoms with Crippen molar-refractivity contribution >= 4 is 15.7 Å². The Morgan fingerprint density at radius 1 is 0.903 bits per heavy atom. The van der Waals surface area contributed by atoms with Crippen LogP contribution in [0.3, 0.4) is 0 Å². The van der Waals surface area contributed by atoms with E-state index in [1.165, 1.54) is 31.2 Å². The van der Waals surface area contributed by atoms with Gasteiger partial charge in [-0.05, 0) is 41.7 Å². The van der Waals surface area contributed by atoms with Crippen molar-refractivity contribution in [3.8, 4) is 0 Å². The molecule has 0 bridgehead atoms. The lowest BCUT2D eigenvalue weighted by molar-refractivity contribution is 0.391. The van der Waals surface area contributed by atoms with Crippen LogP contribution in [0.5, 0.6) is 0 Å². The van der Waals surface area contributed by atoms with Crippen molar-refractivity contribution in [2.75, 3.05) is 6.54 Å². The van der Waals surface area contributed by atoms with Crippen molar-refractivity contribution < 1.29 is 8.42 Å². The Balaban J connectivity index is 1.43. The number of aryl methyl sites for hydroxylation is 2. The first-order valence-electron chi connectivity index (χ1n) is 10.2. The summed E-state index contributed by atoms with van der Waals surface area (Å²) in [6.45, 7) is 1.18. The average Bonchev–Trinajstić information content (AvgIpc) is 3.13. The molecular weight excluding hydrogens is 412 g/mol. The SMILES string of the molecule is O=c1n(CCc2ccccc2)nc2ccc(S(=O)(=O)N3CCc4ccccc4C3)cn12. The largest absolute Gasteiger partial charge is 0.350 e. The molecule has 0 spiro atoms. The molecule has 0 amide bonds. The minimum Gasteiger partial charge on any atom is -0.249 e. The van der Waals surface area contributed by atoms with E-state index in [0.717, 1.165) is 11.1 Å². The second-order valence-corrected chi connectivity index (χ2v) is 9.63. The van der Waals surface area contributed by atoms with Gasteiger partial charge in [0.25, 0.3) is 0 Å². The highest BCUT2D eigenvalue weighted by atomic mass is 32.2. The smallest absolute Gasteiger partial charge is 0.249 e. The van der Waals surface area contributed by atoms with E-state index < -0.39 is 10.0 Å². The summed E-state index contributed by atoms with van der Waals surface area (Å²) < 4.78 is 30.7. The number of fused-ring (bicyclic) bond motifs is 2. The van der Waals surface area contributed by atoms with Gasteiger partial charge in [0.15, 0.2) is 5.65 Å². The Labute approximate surface area is 180 Å². The number of sulfonamides is 1. The molecule has 31 heavy (non-hydrogen) atoms. The molecule has 0 unspecified atom stereocenters. The lowest BCUT2D eigenvalue weighted by Crippen LogP contribution is -2.36. The maximum absolute atomic E-state index is 13.3. The van der Waals surface area contributed by atoms with Gasteiger partial charge in [0.1, 0.15) is 0 Å². The van der Waals surface area contributed by atoms with E-state index >= 15 is 0 Å². The van der Waals surface area contributed by atoms with Crippen LogP contribution in [-0.4, -0.2) is 33.4 Å². The predicted octanol–water partition coefficient (Wildman–Crippen LogP) is 2.49. The summed E-state index contributed by atoms with van der Waals surface area (Å²) in [6.07, 6.45) is 2.73. The number of benzene rings is 2. The second-order valence-electron chi connectivity index (χ2n) is 7.69. The number of rotatable bonds is 5. The first-order chi connectivity index (χ1) is 15.0. The molecule has 0 atom stereocenters. The topological polar surface area (TPSA) is 76.7 Å². The first-order valence-corrected chi connectivity index (χ1v) is 11.7. The van der Waals surface area contributed by atoms with Gasteiger partial charge in [0.05, 0.1) is 11.4 Å². The highest BCUT2D eigenvalue weighted by Gasteiger charge is 2.28. The van der Waals surface area contributed by atoms with Crippen LogP contribution in [-0.2, 0) is 36.0 Å². The van der Waals surface area contributed by atoms with Gasteiger partial charge in [-0.25, -0.2) is 22.3 Å². The van der Waals surface area contributed by atoms with Crippen molar-refractivity contribution in [2.24, 2.45) is 0 Å². The first kappa shape index (κ1) is 19.7. The van der Waals surface area contributed by atoms with Crippen molar-refractivity contribution in [2.45, 2.75) is 30.8 Å². The van der Waals surface area contributed by atoms with E-state index in [1.807, 2.05) is 54.6 Å². The van der Waals surface area contributed by atoms with E-state index in [-0.39, 0.29) is 10.6 Å². The highest BCUT2D eigenvalue weighted by molar-refractivity contribution is 7.89. The van der Waals surface area contributed by atoms with E-state index in [4.69, 9.17) is 0 Å². The lowest BCUT2D eigenvalue weighted by Gasteiger charge is -2.28. The molecule has 0 aliphatic carbocycles. The summed E-state index contributed by atoms with van der Waals surface area (Å²) >= 11 is 0. The lowest BCUT2D eigenvalue weighted by atomic mass is 10.0. The number of pyridine rings is 1. The molecule has 0 radical (unpaired) electrons. The fourth-order valence-electron chi connectivity index (χ4n) is 4.00. The van der Waals surface area contributed by atoms with Crippen LogP contribution in [0.1, 0.15) is 16.7 Å². The summed E-state index contributed by atoms with van der Waals surface area (Å²) in [6, 6.07) is 20.9. The van der Waals surface area contributed by atoms with Gasteiger partial charge in [-0.3, -0.25) is 0 Å². The number of aromatic nitrogens is 3. The van der Waals surface area contributed by atoms with Crippen molar-refractivity contribution in [3.05, 3.63) is 100 Å². The van der Waals surface area contributed by atoms with E-state index in [2.05, 4.69) is 5.10 Å². The van der Waals surface area contributed by atoms with Gasteiger partial charge < -0.3 is 0 Å². The standard InChI is InChI=1S/C23H22N4O3S/c28-23-26-17-21(31(29,30)25-14-13-19-8-4-5-9-20(19)16-25)10-11-22(26)24-27(23)15-12-18-6-2-1-3-7-18/h1-11,17H,12-16H2. The van der Waals surface area contributed by atoms with Crippen molar-refractivity contribution in [1.29, 1.82) is 0 Å². The third kappa shape index (κ3) is 3.68. The molecule has 5 rings (SSSR count). The predicted molar refractivity (Wildman–Crippen MR) is 117 cm³/mol. The molecule has 2 aromatic heterocycles. The minimum absolute atomic E-state index is 0.101. The molecule has 0 saturated carbocycles. The summed E-state index contributed by atoms with van der Waals surface area (Å²) in [7, 11) is -3.72. The van der Waals surface area contributed by atoms with Gasteiger partial charge in [-0.1, -0.05) is 54.6 Å². The molecule has 2 aromatic carbocycles. The molecule has 0 N–H and O–H groups in total. The van der Waals surface area contributed by atoms with Crippen LogP contribution < -0.4 is 5.69 Å². The Bertz CT molecular complexity index is 1410. The molecule has 7 nitrogen and oxygen atoms in total. The Morgan fingerprint density at radius 2 is 1.65 bits per heavy atom. The third-order valence-corrected chi connectivity index (χ3v) is 7.57. The molecule has 0 saturated heterocycles. The number of hydrogen-bond acceptors (Lipinski definition) is 4. The van der Waals surface area contributed by atoms with Gasteiger partial charge in [0, 0.05) is 19.3 Å². The number of nitrogens with zero attached hydrogens (tertiary/aromatic N) is 4. The van der Waals surface area contributed by atoms with Crippen LogP contribution in [0.2, 0.25) is 0 Å². The summed E-state index contributed by atoms with van der Waals surface area (Å²) in [4.78, 5) is 12.9. The van der Waals surface area contributed by atoms with E-state index in [0.29, 0.717) is 38.1 Å². The maximum Gasteiger partial charge on any atom is 0.350 e. The molecular formula is C23H22N4O3S. The molecule has 1 aliphatic rings. The van der Waals surface area contributed by atoms with Gasteiger partial charge >= 0.3 is 5.69 Å². The van der Waals surface area contributed by atoms with E-state index in [1.54, 1.807) is 6.07 Å². The minimum atomic E-state index is -3.72. The molecule has 8 heteroatoms. The highest BCUT2D eigenvalue weighted by Crippen LogP contribution is 2.24. The van der Waals surface area contributed by atoms with E-state index in [9.17, 15) is 13.2 Å². The number of hydrogen-bond donors (Lipinski definition) is 0. The van der Waals surface area contributed by atoms with Gasteiger partial charge in [-0.2, -0.15) is 4.31 Å². The van der Waals surface area contributed by atoms with Crippen LogP contribution in [0.25, 0.3) is 5.65 Å². The maximum atomic E-state index is 13.3. The summed E-state index contributed by atoms with van der Waals surface area (Å²) in [5.74, 6) is 0. The van der Waals surface area contributed by atoms with Crippen molar-refractivity contribution in [3.63, 3.8) is 0 Å². The monoisotopic (exact) mass is 434 g/mol. The van der Waals surface area contributed by atoms with Gasteiger partial charge in [-0.15, -0.1) is 5.10 Å². The normalized spacial score (nSPS) is 14.6. The van der Waals surface area contributed by atoms with Crippen LogP contribution >= 0.6 is 0 Å². The zero-order chi connectivity index (χ0) is 21.4. The fraction of sp³-hybridized carbons (Fsp3) is 0.217. The molecule has 4 aromatic rings. The second kappa shape index (κ2) is 7.79. The summed E-state index contributed by atoms with van der Waals surface area (Å²) in [5, 5.41) is 4.35. The molecule has 158 valence electrons. The molecule has 1 aliphatic heterocycles. The van der Waals surface area contributed by atoms with Crippen LogP contribution in [0.15, 0.2) is 82.6 Å². The molecule has 0 fully saturated rings. The van der Waals surface area contributed by atoms with Crippen LogP contribution in [0.4, 0.5) is 0 Å². The fourth-order valence-corrected chi connectivity index (χ4v) is 5.42. The third-order valence-electron chi connectivity index (χ3n) is 5.74. The molecule has 3 heterocycles. The average molecular weight is 435 g/mol.